The molecule has 5 heteroatoms. The molecule has 0 bridgehead atoms. The molecule has 5 nitrogen and oxygen atoms in total. The van der Waals surface area contributed by atoms with Gasteiger partial charge in [0.1, 0.15) is 17.9 Å². The Morgan fingerprint density at radius 3 is 2.56 bits per heavy atom. The number of rotatable bonds is 6. The van der Waals surface area contributed by atoms with Gasteiger partial charge in [-0.25, -0.2) is 9.59 Å². The molecular formula is C20H22O5. The maximum atomic E-state index is 11.6. The molecule has 1 aromatic heterocycles. The van der Waals surface area contributed by atoms with Gasteiger partial charge in [-0.15, -0.1) is 0 Å². The molecule has 0 fully saturated rings. The third-order valence-electron chi connectivity index (χ3n) is 3.57. The molecule has 0 unspecified atom stereocenters. The Labute approximate surface area is 146 Å². The summed E-state index contributed by atoms with van der Waals surface area (Å²) in [6, 6.07) is 6.80. The lowest BCUT2D eigenvalue weighted by molar-refractivity contribution is -0.136. The highest BCUT2D eigenvalue weighted by atomic mass is 16.5. The highest BCUT2D eigenvalue weighted by molar-refractivity contribution is 5.83. The van der Waals surface area contributed by atoms with Crippen LogP contribution in [-0.4, -0.2) is 19.7 Å². The second kappa shape index (κ2) is 8.33. The van der Waals surface area contributed by atoms with Crippen molar-refractivity contribution in [1.82, 2.24) is 0 Å². The van der Waals surface area contributed by atoms with E-state index in [1.165, 1.54) is 12.1 Å². The fourth-order valence-corrected chi connectivity index (χ4v) is 2.35. The lowest BCUT2D eigenvalue weighted by Crippen LogP contribution is -2.04. The first-order valence-corrected chi connectivity index (χ1v) is 7.97. The van der Waals surface area contributed by atoms with Crippen molar-refractivity contribution in [3.63, 3.8) is 0 Å². The SMILES string of the molecule is COc1ccc2ccc(=O)oc2c1C/C=C(\C)COC(=O)C=C(C)C. The minimum Gasteiger partial charge on any atom is -0.496 e. The molecule has 0 spiro atoms. The Hall–Kier alpha value is -2.82. The largest absolute Gasteiger partial charge is 0.496 e. The van der Waals surface area contributed by atoms with Gasteiger partial charge in [-0.3, -0.25) is 0 Å². The van der Waals surface area contributed by atoms with Crippen LogP contribution >= 0.6 is 0 Å². The number of methoxy groups -OCH3 is 1. The van der Waals surface area contributed by atoms with Crippen molar-refractivity contribution >= 4 is 16.9 Å². The van der Waals surface area contributed by atoms with Crippen LogP contribution in [0.5, 0.6) is 5.75 Å². The summed E-state index contributed by atoms with van der Waals surface area (Å²) in [7, 11) is 1.57. The fraction of sp³-hybridized carbons (Fsp3) is 0.300. The zero-order chi connectivity index (χ0) is 18.4. The molecule has 1 heterocycles. The molecule has 2 aromatic rings. The van der Waals surface area contributed by atoms with Crippen molar-refractivity contribution in [2.45, 2.75) is 27.2 Å². The zero-order valence-electron chi connectivity index (χ0n) is 14.9. The van der Waals surface area contributed by atoms with Crippen molar-refractivity contribution in [2.24, 2.45) is 0 Å². The Kier molecular flexibility index (Phi) is 6.17. The average Bonchev–Trinajstić information content (AvgIpc) is 2.57. The van der Waals surface area contributed by atoms with Gasteiger partial charge in [-0.1, -0.05) is 11.6 Å². The van der Waals surface area contributed by atoms with E-state index in [-0.39, 0.29) is 12.6 Å². The number of hydrogen-bond acceptors (Lipinski definition) is 5. The number of carbonyl (C=O) groups is 1. The quantitative estimate of drug-likeness (QED) is 0.346. The van der Waals surface area contributed by atoms with Crippen LogP contribution in [0.25, 0.3) is 11.0 Å². The minimum absolute atomic E-state index is 0.208. The number of carbonyl (C=O) groups excluding carboxylic acids is 1. The van der Waals surface area contributed by atoms with Gasteiger partial charge in [-0.05, 0) is 51.0 Å². The van der Waals surface area contributed by atoms with Crippen LogP contribution in [0.3, 0.4) is 0 Å². The predicted octanol–water partition coefficient (Wildman–Crippen LogP) is 3.80. The Morgan fingerprint density at radius 2 is 1.88 bits per heavy atom. The van der Waals surface area contributed by atoms with Crippen LogP contribution in [0.15, 0.2) is 56.8 Å². The summed E-state index contributed by atoms with van der Waals surface area (Å²) < 4.78 is 15.9. The van der Waals surface area contributed by atoms with Gasteiger partial charge >= 0.3 is 11.6 Å². The first kappa shape index (κ1) is 18.5. The van der Waals surface area contributed by atoms with Crippen molar-refractivity contribution in [1.29, 1.82) is 0 Å². The van der Waals surface area contributed by atoms with Crippen molar-refractivity contribution in [3.8, 4) is 5.75 Å². The second-order valence-electron chi connectivity index (χ2n) is 6.00. The van der Waals surface area contributed by atoms with E-state index in [0.29, 0.717) is 17.8 Å². The highest BCUT2D eigenvalue weighted by Crippen LogP contribution is 2.28. The maximum absolute atomic E-state index is 11.6. The summed E-state index contributed by atoms with van der Waals surface area (Å²) in [5, 5.41) is 0.830. The summed E-state index contributed by atoms with van der Waals surface area (Å²) in [4.78, 5) is 23.1. The van der Waals surface area contributed by atoms with Gasteiger partial charge in [0.15, 0.2) is 0 Å². The first-order valence-electron chi connectivity index (χ1n) is 7.97. The standard InChI is InChI=1S/C20H22O5/c1-13(2)11-19(22)24-12-14(3)5-8-16-17(23-4)9-6-15-7-10-18(21)25-20(15)16/h5-7,9-11H,8,12H2,1-4H3/b14-5+. The van der Waals surface area contributed by atoms with Gasteiger partial charge in [0.05, 0.1) is 7.11 Å². The molecule has 0 N–H and O–H groups in total. The number of fused-ring (bicyclic) bond motifs is 1. The third kappa shape index (κ3) is 5.08. The van der Waals surface area contributed by atoms with E-state index in [4.69, 9.17) is 13.9 Å². The molecule has 132 valence electrons. The zero-order valence-corrected chi connectivity index (χ0v) is 14.9. The van der Waals surface area contributed by atoms with Crippen molar-refractivity contribution in [3.05, 3.63) is 63.5 Å². The fourth-order valence-electron chi connectivity index (χ4n) is 2.35. The van der Waals surface area contributed by atoms with Crippen LogP contribution in [-0.2, 0) is 16.0 Å². The molecule has 0 radical (unpaired) electrons. The molecule has 0 amide bonds. The van der Waals surface area contributed by atoms with E-state index in [1.807, 2.05) is 39.0 Å². The number of ether oxygens (including phenoxy) is 2. The smallest absolute Gasteiger partial charge is 0.336 e. The van der Waals surface area contributed by atoms with E-state index in [2.05, 4.69) is 0 Å². The predicted molar refractivity (Wildman–Crippen MR) is 96.9 cm³/mol. The average molecular weight is 342 g/mol. The van der Waals surface area contributed by atoms with Gasteiger partial charge in [0.25, 0.3) is 0 Å². The van der Waals surface area contributed by atoms with Crippen LogP contribution in [0.4, 0.5) is 0 Å². The van der Waals surface area contributed by atoms with E-state index < -0.39 is 5.63 Å². The molecule has 0 saturated heterocycles. The first-order chi connectivity index (χ1) is 11.9. The van der Waals surface area contributed by atoms with Gasteiger partial charge in [0, 0.05) is 23.1 Å². The van der Waals surface area contributed by atoms with Crippen LogP contribution < -0.4 is 10.4 Å². The second-order valence-corrected chi connectivity index (χ2v) is 6.00. The molecule has 2 rings (SSSR count). The summed E-state index contributed by atoms with van der Waals surface area (Å²) in [6.07, 6.45) is 3.88. The Bertz CT molecular complexity index is 883. The molecule has 0 atom stereocenters. The van der Waals surface area contributed by atoms with Crippen LogP contribution in [0.2, 0.25) is 0 Å². The molecular weight excluding hydrogens is 320 g/mol. The van der Waals surface area contributed by atoms with E-state index in [1.54, 1.807) is 13.2 Å². The van der Waals surface area contributed by atoms with Gasteiger partial charge in [-0.2, -0.15) is 0 Å². The highest BCUT2D eigenvalue weighted by Gasteiger charge is 2.10. The van der Waals surface area contributed by atoms with Gasteiger partial charge < -0.3 is 13.9 Å². The molecule has 1 aromatic carbocycles. The van der Waals surface area contributed by atoms with Gasteiger partial charge in [0.2, 0.25) is 0 Å². The summed E-state index contributed by atoms with van der Waals surface area (Å²) in [6.45, 7) is 5.76. The van der Waals surface area contributed by atoms with E-state index in [9.17, 15) is 9.59 Å². The molecule has 25 heavy (non-hydrogen) atoms. The monoisotopic (exact) mass is 342 g/mol. The molecule has 0 aliphatic carbocycles. The van der Waals surface area contributed by atoms with Crippen LogP contribution in [0.1, 0.15) is 26.3 Å². The number of benzene rings is 1. The normalized spacial score (nSPS) is 11.3. The number of hydrogen-bond donors (Lipinski definition) is 0. The minimum atomic E-state index is -0.404. The summed E-state index contributed by atoms with van der Waals surface area (Å²) in [5.74, 6) is 0.286. The Balaban J connectivity index is 2.21. The van der Waals surface area contributed by atoms with E-state index >= 15 is 0 Å². The molecule has 0 aliphatic heterocycles. The topological polar surface area (TPSA) is 65.7 Å². The molecule has 0 aliphatic rings. The summed E-state index contributed by atoms with van der Waals surface area (Å²) in [5.41, 5.74) is 2.68. The lowest BCUT2D eigenvalue weighted by Gasteiger charge is -2.10. The lowest BCUT2D eigenvalue weighted by atomic mass is 10.1. The third-order valence-corrected chi connectivity index (χ3v) is 3.57. The number of allylic oxidation sites excluding steroid dienone is 2. The molecule has 0 saturated carbocycles. The van der Waals surface area contributed by atoms with Crippen LogP contribution in [0, 0.1) is 0 Å². The van der Waals surface area contributed by atoms with Crippen molar-refractivity contribution < 1.29 is 18.7 Å². The summed E-state index contributed by atoms with van der Waals surface area (Å²) >= 11 is 0. The Morgan fingerprint density at radius 1 is 1.16 bits per heavy atom. The van der Waals surface area contributed by atoms with E-state index in [0.717, 1.165) is 22.1 Å². The number of esters is 1. The maximum Gasteiger partial charge on any atom is 0.336 e. The van der Waals surface area contributed by atoms with Crippen molar-refractivity contribution in [2.75, 3.05) is 13.7 Å².